The summed E-state index contributed by atoms with van der Waals surface area (Å²) in [5.41, 5.74) is 1.09. The van der Waals surface area contributed by atoms with Crippen LogP contribution in [0.1, 0.15) is 5.56 Å². The lowest BCUT2D eigenvalue weighted by atomic mass is 10.2. The van der Waals surface area contributed by atoms with Crippen LogP contribution in [0, 0.1) is 0 Å². The molecular weight excluding hydrogens is 126 g/mol. The molecule has 0 spiro atoms. The van der Waals surface area contributed by atoms with Gasteiger partial charge in [0.05, 0.1) is 0 Å². The highest BCUT2D eigenvalue weighted by Crippen LogP contribution is 1.95. The van der Waals surface area contributed by atoms with Crippen LogP contribution in [-0.2, 0) is 11.3 Å². The van der Waals surface area contributed by atoms with E-state index in [1.54, 1.807) is 6.41 Å². The number of rotatable bonds is 3. The molecule has 2 nitrogen and oxygen atoms in total. The minimum Gasteiger partial charge on any atom is -0.526 e. The highest BCUT2D eigenvalue weighted by molar-refractivity contribution is 5.47. The van der Waals surface area contributed by atoms with Crippen molar-refractivity contribution in [3.63, 3.8) is 0 Å². The summed E-state index contributed by atoms with van der Waals surface area (Å²) in [7, 11) is 0. The van der Waals surface area contributed by atoms with Crippen LogP contribution in [-0.4, -0.2) is 6.41 Å². The Balaban J connectivity index is 2.50. The second-order valence-corrected chi connectivity index (χ2v) is 1.94. The predicted octanol–water partition coefficient (Wildman–Crippen LogP) is 0.843. The topological polar surface area (TPSA) is 29.1 Å². The maximum atomic E-state index is 9.74. The molecular formula is C8H8NO-. The Bertz CT molecular complexity index is 196. The molecule has 2 heteroatoms. The zero-order valence-corrected chi connectivity index (χ0v) is 5.50. The van der Waals surface area contributed by atoms with Crippen LogP contribution >= 0.6 is 0 Å². The van der Waals surface area contributed by atoms with Gasteiger partial charge in [0.1, 0.15) is 0 Å². The van der Waals surface area contributed by atoms with Crippen LogP contribution in [0.2, 0.25) is 0 Å². The summed E-state index contributed by atoms with van der Waals surface area (Å²) in [6.45, 7) is 0.560. The van der Waals surface area contributed by atoms with Crippen molar-refractivity contribution >= 4 is 6.41 Å². The molecule has 0 heterocycles. The van der Waals surface area contributed by atoms with E-state index in [0.717, 1.165) is 5.56 Å². The smallest absolute Gasteiger partial charge is 0.0117 e. The van der Waals surface area contributed by atoms with Crippen molar-refractivity contribution in [2.75, 3.05) is 0 Å². The number of carbonyl (C=O) groups excluding carboxylic acids is 1. The molecule has 1 N–H and O–H groups in total. The second-order valence-electron chi connectivity index (χ2n) is 1.94. The van der Waals surface area contributed by atoms with Crippen molar-refractivity contribution < 1.29 is 4.79 Å². The summed E-state index contributed by atoms with van der Waals surface area (Å²) in [5.74, 6) is 0. The second kappa shape index (κ2) is 3.67. The molecule has 1 aromatic carbocycles. The van der Waals surface area contributed by atoms with E-state index in [0.29, 0.717) is 6.54 Å². The maximum absolute atomic E-state index is 9.74. The molecule has 0 fully saturated rings. The van der Waals surface area contributed by atoms with Crippen LogP contribution in [0.25, 0.3) is 0 Å². The Labute approximate surface area is 59.9 Å². The fraction of sp³-hybridized carbons (Fsp3) is 0.125. The third-order valence-electron chi connectivity index (χ3n) is 1.21. The van der Waals surface area contributed by atoms with Crippen molar-refractivity contribution in [3.8, 4) is 0 Å². The third kappa shape index (κ3) is 1.90. The van der Waals surface area contributed by atoms with Crippen LogP contribution in [0.4, 0.5) is 0 Å². The average Bonchev–Trinajstić information content (AvgIpc) is 2.03. The van der Waals surface area contributed by atoms with E-state index in [9.17, 15) is 4.79 Å². The van der Waals surface area contributed by atoms with Gasteiger partial charge in [0.25, 0.3) is 0 Å². The van der Waals surface area contributed by atoms with Gasteiger partial charge in [-0.25, -0.2) is 0 Å². The van der Waals surface area contributed by atoms with Crippen LogP contribution in [0.5, 0.6) is 0 Å². The van der Waals surface area contributed by atoms with Gasteiger partial charge < -0.3 is 10.1 Å². The first-order valence-corrected chi connectivity index (χ1v) is 3.07. The molecule has 1 rings (SSSR count). The van der Waals surface area contributed by atoms with E-state index in [-0.39, 0.29) is 0 Å². The van der Waals surface area contributed by atoms with Crippen molar-refractivity contribution in [3.05, 3.63) is 35.9 Å². The molecule has 0 atom stereocenters. The summed E-state index contributed by atoms with van der Waals surface area (Å²) >= 11 is 0. The lowest BCUT2D eigenvalue weighted by Gasteiger charge is -2.04. The molecule has 0 aliphatic carbocycles. The lowest BCUT2D eigenvalue weighted by molar-refractivity contribution is 0.542. The van der Waals surface area contributed by atoms with E-state index in [1.807, 2.05) is 30.3 Å². The summed E-state index contributed by atoms with van der Waals surface area (Å²) in [5, 5.41) is 2.46. The monoisotopic (exact) mass is 134 g/mol. The minimum atomic E-state index is 0.560. The molecule has 0 unspecified atom stereocenters. The summed E-state index contributed by atoms with van der Waals surface area (Å²) in [6.07, 6.45) is 1.62. The van der Waals surface area contributed by atoms with Crippen LogP contribution < -0.4 is 5.32 Å². The standard InChI is InChI=1S/C8H8NO/c10-7-9-6-8-4-2-1-3-5-8/h1-5H,6H2,(H,9,10)/q-1. The van der Waals surface area contributed by atoms with Gasteiger partial charge >= 0.3 is 0 Å². The average molecular weight is 134 g/mol. The SMILES string of the molecule is O=[C-]NCc1ccccc1. The quantitative estimate of drug-likeness (QED) is 0.481. The number of nitrogens with one attached hydrogen (secondary N) is 1. The van der Waals surface area contributed by atoms with Gasteiger partial charge in [-0.3, -0.25) is 0 Å². The number of benzene rings is 1. The Kier molecular flexibility index (Phi) is 2.49. The van der Waals surface area contributed by atoms with E-state index >= 15 is 0 Å². The van der Waals surface area contributed by atoms with Crippen molar-refractivity contribution in [1.29, 1.82) is 0 Å². The van der Waals surface area contributed by atoms with Gasteiger partial charge in [-0.2, -0.15) is 6.41 Å². The minimum absolute atomic E-state index is 0.560. The van der Waals surface area contributed by atoms with Gasteiger partial charge in [-0.1, -0.05) is 30.3 Å². The fourth-order valence-corrected chi connectivity index (χ4v) is 0.734. The first-order chi connectivity index (χ1) is 4.93. The molecule has 0 bridgehead atoms. The number of hydrogen-bond acceptors (Lipinski definition) is 1. The Hall–Kier alpha value is -1.31. The Morgan fingerprint density at radius 1 is 1.30 bits per heavy atom. The Morgan fingerprint density at radius 3 is 2.60 bits per heavy atom. The molecule has 0 saturated heterocycles. The highest BCUT2D eigenvalue weighted by atomic mass is 16.1. The van der Waals surface area contributed by atoms with Crippen LogP contribution in [0.15, 0.2) is 30.3 Å². The molecule has 0 aliphatic rings. The normalized spacial score (nSPS) is 8.80. The summed E-state index contributed by atoms with van der Waals surface area (Å²) in [4.78, 5) is 9.74. The molecule has 0 aromatic heterocycles. The van der Waals surface area contributed by atoms with Crippen molar-refractivity contribution in [1.82, 2.24) is 5.32 Å². The number of amides is 1. The molecule has 0 radical (unpaired) electrons. The largest absolute Gasteiger partial charge is 0.526 e. The van der Waals surface area contributed by atoms with E-state index < -0.39 is 0 Å². The molecule has 10 heavy (non-hydrogen) atoms. The first kappa shape index (κ1) is 6.81. The van der Waals surface area contributed by atoms with Crippen LogP contribution in [0.3, 0.4) is 0 Å². The summed E-state index contributed by atoms with van der Waals surface area (Å²) < 4.78 is 0. The number of hydrogen-bond donors (Lipinski definition) is 1. The van der Waals surface area contributed by atoms with Gasteiger partial charge in [0, 0.05) is 6.54 Å². The molecule has 1 aromatic rings. The van der Waals surface area contributed by atoms with E-state index in [4.69, 9.17) is 0 Å². The molecule has 52 valence electrons. The van der Waals surface area contributed by atoms with E-state index in [1.165, 1.54) is 0 Å². The zero-order chi connectivity index (χ0) is 7.23. The zero-order valence-electron chi connectivity index (χ0n) is 5.50. The van der Waals surface area contributed by atoms with Gasteiger partial charge in [0.2, 0.25) is 0 Å². The lowest BCUT2D eigenvalue weighted by Crippen LogP contribution is -2.08. The van der Waals surface area contributed by atoms with Crippen molar-refractivity contribution in [2.24, 2.45) is 0 Å². The molecule has 1 amide bonds. The molecule has 0 saturated carbocycles. The highest BCUT2D eigenvalue weighted by Gasteiger charge is 1.82. The first-order valence-electron chi connectivity index (χ1n) is 3.07. The van der Waals surface area contributed by atoms with E-state index in [2.05, 4.69) is 5.32 Å². The van der Waals surface area contributed by atoms with Gasteiger partial charge in [-0.15, -0.1) is 0 Å². The predicted molar refractivity (Wildman–Crippen MR) is 39.0 cm³/mol. The fourth-order valence-electron chi connectivity index (χ4n) is 0.734. The molecule has 0 aliphatic heterocycles. The van der Waals surface area contributed by atoms with Crippen molar-refractivity contribution in [2.45, 2.75) is 6.54 Å². The van der Waals surface area contributed by atoms with Gasteiger partial charge in [0.15, 0.2) is 0 Å². The Morgan fingerprint density at radius 2 is 2.00 bits per heavy atom. The van der Waals surface area contributed by atoms with Gasteiger partial charge in [-0.05, 0) is 5.56 Å². The summed E-state index contributed by atoms with van der Waals surface area (Å²) in [6, 6.07) is 9.70. The third-order valence-corrected chi connectivity index (χ3v) is 1.21. The maximum Gasteiger partial charge on any atom is 0.0117 e.